The third-order valence-corrected chi connectivity index (χ3v) is 3.76. The molecule has 1 unspecified atom stereocenters. The van der Waals surface area contributed by atoms with Gasteiger partial charge in [-0.05, 0) is 42.8 Å². The highest BCUT2D eigenvalue weighted by molar-refractivity contribution is 7.09. The Kier molecular flexibility index (Phi) is 4.79. The van der Waals surface area contributed by atoms with Crippen molar-refractivity contribution in [2.24, 2.45) is 5.84 Å². The SMILES string of the molecule is NNC(CCCc1cccs1)Cc1ccco1. The first kappa shape index (κ1) is 12.4. The molecule has 0 aliphatic heterocycles. The summed E-state index contributed by atoms with van der Waals surface area (Å²) in [6.07, 6.45) is 5.90. The van der Waals surface area contributed by atoms with Crippen LogP contribution in [0.2, 0.25) is 0 Å². The topological polar surface area (TPSA) is 51.2 Å². The molecule has 2 aromatic rings. The number of hydrazine groups is 1. The molecule has 4 heteroatoms. The smallest absolute Gasteiger partial charge is 0.105 e. The minimum atomic E-state index is 0.293. The molecular formula is C13H18N2OS. The number of nitrogens with two attached hydrogens (primary N) is 1. The first-order chi connectivity index (χ1) is 8.38. The minimum absolute atomic E-state index is 0.293. The molecule has 0 fully saturated rings. The summed E-state index contributed by atoms with van der Waals surface area (Å²) in [6, 6.07) is 8.47. The molecule has 0 saturated heterocycles. The normalized spacial score (nSPS) is 12.8. The highest BCUT2D eigenvalue weighted by Crippen LogP contribution is 2.14. The number of rotatable bonds is 7. The van der Waals surface area contributed by atoms with Crippen molar-refractivity contribution >= 4 is 11.3 Å². The molecule has 0 amide bonds. The minimum Gasteiger partial charge on any atom is -0.469 e. The van der Waals surface area contributed by atoms with Crippen LogP contribution in [0, 0.1) is 0 Å². The summed E-state index contributed by atoms with van der Waals surface area (Å²) < 4.78 is 5.32. The average molecular weight is 250 g/mol. The average Bonchev–Trinajstić information content (AvgIpc) is 3.00. The van der Waals surface area contributed by atoms with Gasteiger partial charge in [0.2, 0.25) is 0 Å². The van der Waals surface area contributed by atoms with Gasteiger partial charge in [-0.25, -0.2) is 0 Å². The first-order valence-electron chi connectivity index (χ1n) is 5.89. The summed E-state index contributed by atoms with van der Waals surface area (Å²) in [5, 5.41) is 2.12. The van der Waals surface area contributed by atoms with Gasteiger partial charge in [0.05, 0.1) is 6.26 Å². The number of furan rings is 1. The number of nitrogens with one attached hydrogen (secondary N) is 1. The van der Waals surface area contributed by atoms with Crippen LogP contribution in [0.1, 0.15) is 23.5 Å². The molecule has 3 N–H and O–H groups in total. The summed E-state index contributed by atoms with van der Waals surface area (Å²) in [5.41, 5.74) is 2.86. The lowest BCUT2D eigenvalue weighted by Gasteiger charge is -2.13. The Labute approximate surface area is 106 Å². The third kappa shape index (κ3) is 4.00. The van der Waals surface area contributed by atoms with Crippen LogP contribution in [-0.2, 0) is 12.8 Å². The van der Waals surface area contributed by atoms with Crippen LogP contribution in [0.15, 0.2) is 40.3 Å². The molecule has 0 bridgehead atoms. The summed E-state index contributed by atoms with van der Waals surface area (Å²) in [4.78, 5) is 1.44. The Bertz CT molecular complexity index is 397. The third-order valence-electron chi connectivity index (χ3n) is 2.82. The summed E-state index contributed by atoms with van der Waals surface area (Å²) in [6.45, 7) is 0. The zero-order valence-corrected chi connectivity index (χ0v) is 10.6. The van der Waals surface area contributed by atoms with Gasteiger partial charge in [-0.2, -0.15) is 0 Å². The molecule has 0 aromatic carbocycles. The fourth-order valence-electron chi connectivity index (χ4n) is 1.89. The predicted octanol–water partition coefficient (Wildman–Crippen LogP) is 2.74. The summed E-state index contributed by atoms with van der Waals surface area (Å²) >= 11 is 1.82. The van der Waals surface area contributed by atoms with Gasteiger partial charge in [0, 0.05) is 17.3 Å². The monoisotopic (exact) mass is 250 g/mol. The fraction of sp³-hybridized carbons (Fsp3) is 0.385. The van der Waals surface area contributed by atoms with Crippen molar-refractivity contribution in [2.75, 3.05) is 0 Å². The maximum absolute atomic E-state index is 5.56. The van der Waals surface area contributed by atoms with E-state index in [1.165, 1.54) is 4.88 Å². The van der Waals surface area contributed by atoms with Crippen LogP contribution in [-0.4, -0.2) is 6.04 Å². The van der Waals surface area contributed by atoms with Crippen LogP contribution < -0.4 is 11.3 Å². The van der Waals surface area contributed by atoms with E-state index in [4.69, 9.17) is 10.3 Å². The number of thiophene rings is 1. The maximum atomic E-state index is 5.56. The van der Waals surface area contributed by atoms with Crippen LogP contribution in [0.5, 0.6) is 0 Å². The number of hydrogen-bond acceptors (Lipinski definition) is 4. The van der Waals surface area contributed by atoms with Gasteiger partial charge in [-0.3, -0.25) is 11.3 Å². The summed E-state index contributed by atoms with van der Waals surface area (Å²) in [5.74, 6) is 6.55. The zero-order valence-electron chi connectivity index (χ0n) is 9.76. The van der Waals surface area contributed by atoms with Gasteiger partial charge in [0.25, 0.3) is 0 Å². The molecule has 0 radical (unpaired) electrons. The van der Waals surface area contributed by atoms with Crippen LogP contribution in [0.4, 0.5) is 0 Å². The maximum Gasteiger partial charge on any atom is 0.105 e. The van der Waals surface area contributed by atoms with E-state index in [-0.39, 0.29) is 0 Å². The molecular weight excluding hydrogens is 232 g/mol. The Balaban J connectivity index is 1.72. The van der Waals surface area contributed by atoms with Crippen molar-refractivity contribution < 1.29 is 4.42 Å². The highest BCUT2D eigenvalue weighted by atomic mass is 32.1. The second-order valence-electron chi connectivity index (χ2n) is 4.12. The van der Waals surface area contributed by atoms with Crippen LogP contribution in [0.3, 0.4) is 0 Å². The van der Waals surface area contributed by atoms with E-state index in [1.54, 1.807) is 6.26 Å². The lowest BCUT2D eigenvalue weighted by atomic mass is 10.1. The number of hydrogen-bond donors (Lipinski definition) is 2. The first-order valence-corrected chi connectivity index (χ1v) is 6.77. The Morgan fingerprint density at radius 2 is 2.29 bits per heavy atom. The van der Waals surface area contributed by atoms with Crippen molar-refractivity contribution in [1.29, 1.82) is 0 Å². The molecule has 2 heterocycles. The van der Waals surface area contributed by atoms with Crippen molar-refractivity contribution in [1.82, 2.24) is 5.43 Å². The molecule has 0 aliphatic carbocycles. The van der Waals surface area contributed by atoms with Crippen molar-refractivity contribution in [3.05, 3.63) is 46.5 Å². The second kappa shape index (κ2) is 6.59. The second-order valence-corrected chi connectivity index (χ2v) is 5.15. The van der Waals surface area contributed by atoms with Gasteiger partial charge < -0.3 is 4.42 Å². The lowest BCUT2D eigenvalue weighted by Crippen LogP contribution is -2.36. The van der Waals surface area contributed by atoms with Gasteiger partial charge in [-0.15, -0.1) is 11.3 Å². The predicted molar refractivity (Wildman–Crippen MR) is 70.8 cm³/mol. The van der Waals surface area contributed by atoms with E-state index < -0.39 is 0 Å². The van der Waals surface area contributed by atoms with E-state index in [9.17, 15) is 0 Å². The molecule has 2 aromatic heterocycles. The van der Waals surface area contributed by atoms with E-state index >= 15 is 0 Å². The lowest BCUT2D eigenvalue weighted by molar-refractivity contribution is 0.423. The molecule has 0 saturated carbocycles. The molecule has 17 heavy (non-hydrogen) atoms. The van der Waals surface area contributed by atoms with Crippen molar-refractivity contribution in [3.63, 3.8) is 0 Å². The summed E-state index contributed by atoms with van der Waals surface area (Å²) in [7, 11) is 0. The molecule has 3 nitrogen and oxygen atoms in total. The van der Waals surface area contributed by atoms with Gasteiger partial charge in [0.1, 0.15) is 5.76 Å². The Morgan fingerprint density at radius 1 is 1.35 bits per heavy atom. The Hall–Kier alpha value is -1.10. The van der Waals surface area contributed by atoms with E-state index in [0.29, 0.717) is 6.04 Å². The molecule has 2 rings (SSSR count). The zero-order chi connectivity index (χ0) is 11.9. The van der Waals surface area contributed by atoms with Gasteiger partial charge in [0.15, 0.2) is 0 Å². The number of aryl methyl sites for hydroxylation is 1. The highest BCUT2D eigenvalue weighted by Gasteiger charge is 2.09. The Morgan fingerprint density at radius 3 is 2.94 bits per heavy atom. The molecule has 1 atom stereocenters. The van der Waals surface area contributed by atoms with Gasteiger partial charge >= 0.3 is 0 Å². The van der Waals surface area contributed by atoms with Crippen LogP contribution in [0.25, 0.3) is 0 Å². The molecule has 92 valence electrons. The molecule has 0 aliphatic rings. The largest absolute Gasteiger partial charge is 0.469 e. The van der Waals surface area contributed by atoms with E-state index in [0.717, 1.165) is 31.4 Å². The standard InChI is InChI=1S/C13H18N2OS/c14-15-11(10-12-5-2-8-16-12)4-1-6-13-7-3-9-17-13/h2-3,5,7-9,11,15H,1,4,6,10,14H2. The van der Waals surface area contributed by atoms with Gasteiger partial charge in [-0.1, -0.05) is 6.07 Å². The van der Waals surface area contributed by atoms with Crippen molar-refractivity contribution in [2.45, 2.75) is 31.7 Å². The van der Waals surface area contributed by atoms with Crippen molar-refractivity contribution in [3.8, 4) is 0 Å². The van der Waals surface area contributed by atoms with E-state index in [1.807, 2.05) is 23.5 Å². The van der Waals surface area contributed by atoms with Crippen LogP contribution >= 0.6 is 11.3 Å². The molecule has 0 spiro atoms. The van der Waals surface area contributed by atoms with E-state index in [2.05, 4.69) is 22.9 Å². The fourth-order valence-corrected chi connectivity index (χ4v) is 2.64. The quantitative estimate of drug-likeness (QED) is 0.587.